The lowest BCUT2D eigenvalue weighted by Crippen LogP contribution is -1.89. The van der Waals surface area contributed by atoms with E-state index in [2.05, 4.69) is 20.6 Å². The summed E-state index contributed by atoms with van der Waals surface area (Å²) in [5.41, 5.74) is 9.58. The highest BCUT2D eigenvalue weighted by Gasteiger charge is 2.35. The van der Waals surface area contributed by atoms with Crippen molar-refractivity contribution in [1.29, 1.82) is 5.26 Å². The monoisotopic (exact) mass is 566 g/mol. The molecule has 0 amide bonds. The van der Waals surface area contributed by atoms with Crippen molar-refractivity contribution in [1.82, 2.24) is 0 Å². The maximum atomic E-state index is 14.1. The highest BCUT2D eigenvalue weighted by Crippen LogP contribution is 2.54. The predicted octanol–water partition coefficient (Wildman–Crippen LogP) is 10.0. The number of allylic oxidation sites excluding steroid dienone is 1. The zero-order chi connectivity index (χ0) is 30.5. The molecule has 5 aromatic carbocycles. The summed E-state index contributed by atoms with van der Waals surface area (Å²) in [4.78, 5) is 10.7. The Hall–Kier alpha value is -6.60. The third-order valence-electron chi connectivity index (χ3n) is 8.06. The Kier molecular flexibility index (Phi) is 6.00. The van der Waals surface area contributed by atoms with E-state index in [1.807, 2.05) is 48.5 Å². The number of hydrogen-bond donors (Lipinski definition) is 0. The molecule has 7 rings (SSSR count). The van der Waals surface area contributed by atoms with Gasteiger partial charge >= 0.3 is 5.82 Å². The first-order chi connectivity index (χ1) is 21.4. The summed E-state index contributed by atoms with van der Waals surface area (Å²) in [7, 11) is 0. The Labute approximate surface area is 252 Å². The number of nitrogens with zero attached hydrogens (tertiary/aromatic N) is 4. The Bertz CT molecular complexity index is 2150. The molecule has 0 fully saturated rings. The van der Waals surface area contributed by atoms with Crippen LogP contribution in [0.25, 0.3) is 70.2 Å². The van der Waals surface area contributed by atoms with Crippen molar-refractivity contribution in [3.8, 4) is 50.6 Å². The van der Waals surface area contributed by atoms with Crippen molar-refractivity contribution in [2.75, 3.05) is 0 Å². The van der Waals surface area contributed by atoms with Crippen LogP contribution in [0.4, 0.5) is 8.78 Å². The first-order valence-electron chi connectivity index (χ1n) is 13.5. The standard InChI is InChI=1S/C38H16F2N4/c1-42-35(20-41)36-31-16-23(21-6-4-8-25(39)14-21)10-12-27(31)29-19-34-30(18-33(29)36)28-13-11-24(22-7-5-9-26(40)15-22)17-32(28)37(34)38(43-2)44-3/h4-19H/b36-35-. The van der Waals surface area contributed by atoms with Gasteiger partial charge in [0.15, 0.2) is 0 Å². The molecule has 0 saturated carbocycles. The SMILES string of the molecule is [C-]#[N+]C([N+]#[C-])=C1c2cc(-c3cccc(F)c3)ccc2-c2cc3c(cc21)-c1ccc(-c2cccc(F)c2)cc1/C3=C(\C#N)[N+]#[C-]. The molecule has 0 spiro atoms. The van der Waals surface area contributed by atoms with Crippen LogP contribution in [0.15, 0.2) is 109 Å². The third-order valence-corrected chi connectivity index (χ3v) is 8.06. The third kappa shape index (κ3) is 3.92. The fourth-order valence-corrected chi connectivity index (χ4v) is 6.19. The van der Waals surface area contributed by atoms with Crippen LogP contribution in [0.3, 0.4) is 0 Å². The molecule has 0 heterocycles. The van der Waals surface area contributed by atoms with E-state index in [9.17, 15) is 14.0 Å². The Balaban J connectivity index is 1.49. The van der Waals surface area contributed by atoms with Crippen LogP contribution < -0.4 is 0 Å². The topological polar surface area (TPSA) is 36.9 Å². The molecular weight excluding hydrogens is 550 g/mol. The quantitative estimate of drug-likeness (QED) is 0.152. The maximum Gasteiger partial charge on any atom is 0.527 e. The second kappa shape index (κ2) is 10.0. The van der Waals surface area contributed by atoms with E-state index in [1.165, 1.54) is 24.3 Å². The molecule has 0 aromatic heterocycles. The van der Waals surface area contributed by atoms with E-state index in [1.54, 1.807) is 24.3 Å². The molecule has 44 heavy (non-hydrogen) atoms. The highest BCUT2D eigenvalue weighted by atomic mass is 19.1. The minimum absolute atomic E-state index is 0.0696. The molecule has 0 atom stereocenters. The van der Waals surface area contributed by atoms with Crippen molar-refractivity contribution in [2.45, 2.75) is 0 Å². The molecule has 4 nitrogen and oxygen atoms in total. The zero-order valence-electron chi connectivity index (χ0n) is 22.8. The van der Waals surface area contributed by atoms with Gasteiger partial charge in [0, 0.05) is 5.57 Å². The molecule has 0 aliphatic heterocycles. The minimum Gasteiger partial charge on any atom is -0.226 e. The molecule has 202 valence electrons. The molecule has 0 bridgehead atoms. The van der Waals surface area contributed by atoms with Gasteiger partial charge in [0.2, 0.25) is 0 Å². The molecular formula is C38H16F2N4. The number of rotatable bonds is 2. The maximum absolute atomic E-state index is 14.1. The van der Waals surface area contributed by atoms with Crippen LogP contribution >= 0.6 is 0 Å². The summed E-state index contributed by atoms with van der Waals surface area (Å²) in [6.45, 7) is 23.3. The van der Waals surface area contributed by atoms with Gasteiger partial charge in [0.1, 0.15) is 24.8 Å². The van der Waals surface area contributed by atoms with Crippen LogP contribution in [0, 0.1) is 42.7 Å². The average Bonchev–Trinajstić information content (AvgIpc) is 3.53. The fraction of sp³-hybridized carbons (Fsp3) is 0. The Morgan fingerprint density at radius 3 is 1.41 bits per heavy atom. The number of fused-ring (bicyclic) bond motifs is 6. The van der Waals surface area contributed by atoms with Crippen LogP contribution in [0.2, 0.25) is 0 Å². The lowest BCUT2D eigenvalue weighted by atomic mass is 9.95. The number of nitriles is 1. The smallest absolute Gasteiger partial charge is 0.226 e. The molecule has 0 radical (unpaired) electrons. The van der Waals surface area contributed by atoms with Crippen LogP contribution in [-0.4, -0.2) is 0 Å². The summed E-state index contributed by atoms with van der Waals surface area (Å²) < 4.78 is 28.1. The lowest BCUT2D eigenvalue weighted by molar-refractivity contribution is 0.628. The normalized spacial score (nSPS) is 12.9. The van der Waals surface area contributed by atoms with Gasteiger partial charge < -0.3 is 0 Å². The molecule has 6 heteroatoms. The van der Waals surface area contributed by atoms with Gasteiger partial charge in [-0.25, -0.2) is 18.9 Å². The molecule has 0 unspecified atom stereocenters. The van der Waals surface area contributed by atoms with Crippen LogP contribution in [0.1, 0.15) is 22.3 Å². The summed E-state index contributed by atoms with van der Waals surface area (Å²) in [6, 6.07) is 29.6. The van der Waals surface area contributed by atoms with Gasteiger partial charge in [-0.15, -0.1) is 0 Å². The summed E-state index contributed by atoms with van der Waals surface area (Å²) >= 11 is 0. The van der Waals surface area contributed by atoms with Crippen molar-refractivity contribution in [3.05, 3.63) is 177 Å². The van der Waals surface area contributed by atoms with Gasteiger partial charge in [-0.1, -0.05) is 48.5 Å². The van der Waals surface area contributed by atoms with Gasteiger partial charge in [-0.05, 0) is 115 Å². The van der Waals surface area contributed by atoms with Gasteiger partial charge in [-0.3, -0.25) is 0 Å². The number of halogens is 2. The summed E-state index contributed by atoms with van der Waals surface area (Å²) in [6.07, 6.45) is 0. The van der Waals surface area contributed by atoms with E-state index < -0.39 is 0 Å². The lowest BCUT2D eigenvalue weighted by Gasteiger charge is -2.08. The van der Waals surface area contributed by atoms with E-state index >= 15 is 0 Å². The predicted molar refractivity (Wildman–Crippen MR) is 166 cm³/mol. The number of hydrogen-bond acceptors (Lipinski definition) is 1. The van der Waals surface area contributed by atoms with Crippen molar-refractivity contribution in [2.24, 2.45) is 0 Å². The second-order valence-corrected chi connectivity index (χ2v) is 10.4. The zero-order valence-corrected chi connectivity index (χ0v) is 22.8. The Morgan fingerprint density at radius 1 is 0.500 bits per heavy atom. The highest BCUT2D eigenvalue weighted by molar-refractivity contribution is 6.11. The largest absolute Gasteiger partial charge is 0.527 e. The van der Waals surface area contributed by atoms with E-state index in [-0.39, 0.29) is 23.2 Å². The van der Waals surface area contributed by atoms with E-state index in [0.29, 0.717) is 44.5 Å². The molecule has 0 N–H and O–H groups in total. The average molecular weight is 567 g/mol. The van der Waals surface area contributed by atoms with Crippen LogP contribution in [-0.2, 0) is 0 Å². The van der Waals surface area contributed by atoms with Crippen molar-refractivity contribution < 1.29 is 8.78 Å². The molecule has 0 saturated heterocycles. The van der Waals surface area contributed by atoms with Gasteiger partial charge in [0.25, 0.3) is 5.70 Å². The molecule has 2 aliphatic rings. The number of benzene rings is 5. The van der Waals surface area contributed by atoms with E-state index in [4.69, 9.17) is 19.7 Å². The fourth-order valence-electron chi connectivity index (χ4n) is 6.19. The van der Waals surface area contributed by atoms with Crippen LogP contribution in [0.5, 0.6) is 0 Å². The summed E-state index contributed by atoms with van der Waals surface area (Å²) in [5, 5.41) is 9.98. The first kappa shape index (κ1) is 26.3. The molecule has 5 aromatic rings. The van der Waals surface area contributed by atoms with Gasteiger partial charge in [-0.2, -0.15) is 9.69 Å². The van der Waals surface area contributed by atoms with Crippen molar-refractivity contribution >= 4 is 11.1 Å². The molecule has 2 aliphatic carbocycles. The van der Waals surface area contributed by atoms with Crippen molar-refractivity contribution in [3.63, 3.8) is 0 Å². The minimum atomic E-state index is -0.369. The first-order valence-corrected chi connectivity index (χ1v) is 13.5. The van der Waals surface area contributed by atoms with E-state index in [0.717, 1.165) is 33.4 Å². The Morgan fingerprint density at radius 2 is 0.955 bits per heavy atom. The summed E-state index contributed by atoms with van der Waals surface area (Å²) in [5.74, 6) is -0.824. The second-order valence-electron chi connectivity index (χ2n) is 10.4. The van der Waals surface area contributed by atoms with Gasteiger partial charge in [0.05, 0.1) is 18.2 Å².